The van der Waals surface area contributed by atoms with Crippen LogP contribution in [0.15, 0.2) is 24.3 Å². The van der Waals surface area contributed by atoms with E-state index in [9.17, 15) is 9.59 Å². The number of rotatable bonds is 3. The highest BCUT2D eigenvalue weighted by atomic mass is 35.5. The fraction of sp³-hybridized carbons (Fsp3) is 0.364. The highest BCUT2D eigenvalue weighted by molar-refractivity contribution is 6.34. The largest absolute Gasteiger partial charge is 0.324 e. The molecule has 0 saturated carbocycles. The number of carbonyl (C=O) groups excluding carboxylic acids is 2. The first kappa shape index (κ1) is 19.4. The Morgan fingerprint density at radius 2 is 1.56 bits per heavy atom. The summed E-state index contributed by atoms with van der Waals surface area (Å²) >= 11 is 6.30. The SMILES string of the molecule is Cc1cc(C)c(N2CC(C(=O)Nc3c(C)cc(C)cc3Cl)CC2=O)c(C)c1. The van der Waals surface area contributed by atoms with Gasteiger partial charge in [0, 0.05) is 18.7 Å². The molecular formula is C22H25ClN2O2. The van der Waals surface area contributed by atoms with E-state index in [2.05, 4.69) is 17.4 Å². The van der Waals surface area contributed by atoms with Crippen molar-refractivity contribution in [3.05, 3.63) is 57.1 Å². The molecule has 1 N–H and O–H groups in total. The number of nitrogens with one attached hydrogen (secondary N) is 1. The molecule has 0 aromatic heterocycles. The summed E-state index contributed by atoms with van der Waals surface area (Å²) < 4.78 is 0. The third kappa shape index (κ3) is 3.86. The van der Waals surface area contributed by atoms with Gasteiger partial charge in [0.05, 0.1) is 16.6 Å². The maximum absolute atomic E-state index is 12.8. The lowest BCUT2D eigenvalue weighted by molar-refractivity contribution is -0.122. The van der Waals surface area contributed by atoms with Crippen molar-refractivity contribution in [2.75, 3.05) is 16.8 Å². The number of hydrogen-bond acceptors (Lipinski definition) is 2. The van der Waals surface area contributed by atoms with Gasteiger partial charge in [-0.1, -0.05) is 35.4 Å². The summed E-state index contributed by atoms with van der Waals surface area (Å²) in [6, 6.07) is 7.94. The van der Waals surface area contributed by atoms with Gasteiger partial charge in [0.2, 0.25) is 11.8 Å². The van der Waals surface area contributed by atoms with E-state index in [1.54, 1.807) is 4.90 Å². The number of nitrogens with zero attached hydrogens (tertiary/aromatic N) is 1. The molecule has 27 heavy (non-hydrogen) atoms. The number of halogens is 1. The molecule has 0 spiro atoms. The Bertz CT molecular complexity index is 890. The van der Waals surface area contributed by atoms with E-state index in [0.29, 0.717) is 17.3 Å². The smallest absolute Gasteiger partial charge is 0.229 e. The zero-order chi connectivity index (χ0) is 19.9. The minimum absolute atomic E-state index is 0.0167. The Labute approximate surface area is 165 Å². The van der Waals surface area contributed by atoms with Crippen molar-refractivity contribution < 1.29 is 9.59 Å². The molecule has 3 rings (SSSR count). The topological polar surface area (TPSA) is 49.4 Å². The number of benzene rings is 2. The first-order chi connectivity index (χ1) is 12.7. The average Bonchev–Trinajstić information content (AvgIpc) is 2.91. The normalized spacial score (nSPS) is 16.7. The van der Waals surface area contributed by atoms with Gasteiger partial charge in [0.25, 0.3) is 0 Å². The summed E-state index contributed by atoms with van der Waals surface area (Å²) in [4.78, 5) is 27.2. The first-order valence-electron chi connectivity index (χ1n) is 9.13. The van der Waals surface area contributed by atoms with Gasteiger partial charge >= 0.3 is 0 Å². The van der Waals surface area contributed by atoms with Crippen LogP contribution < -0.4 is 10.2 Å². The standard InChI is InChI=1S/C22H25ClN2O2/c1-12-7-15(4)21(16(5)8-12)25-11-17(10-19(25)26)22(27)24-20-14(3)6-13(2)9-18(20)23/h6-9,17H,10-11H2,1-5H3,(H,24,27). The van der Waals surface area contributed by atoms with Gasteiger partial charge in [-0.2, -0.15) is 0 Å². The van der Waals surface area contributed by atoms with E-state index in [0.717, 1.165) is 27.9 Å². The molecule has 5 heteroatoms. The van der Waals surface area contributed by atoms with Gasteiger partial charge in [0.15, 0.2) is 0 Å². The molecule has 2 amide bonds. The van der Waals surface area contributed by atoms with Crippen molar-refractivity contribution in [1.82, 2.24) is 0 Å². The monoisotopic (exact) mass is 384 g/mol. The second kappa shape index (κ2) is 7.35. The number of aryl methyl sites for hydroxylation is 5. The zero-order valence-electron chi connectivity index (χ0n) is 16.4. The van der Waals surface area contributed by atoms with E-state index in [1.807, 2.05) is 46.8 Å². The van der Waals surface area contributed by atoms with Gasteiger partial charge in [-0.3, -0.25) is 9.59 Å². The number of hydrogen-bond donors (Lipinski definition) is 1. The van der Waals surface area contributed by atoms with Crippen LogP contribution >= 0.6 is 11.6 Å². The van der Waals surface area contributed by atoms with Crippen molar-refractivity contribution in [2.45, 2.75) is 41.0 Å². The van der Waals surface area contributed by atoms with Crippen LogP contribution in [0.2, 0.25) is 5.02 Å². The molecule has 0 radical (unpaired) electrons. The van der Waals surface area contributed by atoms with Crippen LogP contribution in [-0.4, -0.2) is 18.4 Å². The molecule has 1 heterocycles. The number of amides is 2. The van der Waals surface area contributed by atoms with Crippen LogP contribution in [0.25, 0.3) is 0 Å². The van der Waals surface area contributed by atoms with Crippen LogP contribution in [0.3, 0.4) is 0 Å². The quantitative estimate of drug-likeness (QED) is 0.820. The summed E-state index contributed by atoms with van der Waals surface area (Å²) in [5, 5.41) is 3.45. The van der Waals surface area contributed by atoms with E-state index in [-0.39, 0.29) is 18.2 Å². The molecule has 1 aliphatic heterocycles. The lowest BCUT2D eigenvalue weighted by atomic mass is 10.0. The Hall–Kier alpha value is -2.33. The first-order valence-corrected chi connectivity index (χ1v) is 9.51. The van der Waals surface area contributed by atoms with Gasteiger partial charge in [-0.05, 0) is 62.9 Å². The van der Waals surface area contributed by atoms with Crippen molar-refractivity contribution in [2.24, 2.45) is 5.92 Å². The van der Waals surface area contributed by atoms with Crippen LogP contribution in [0, 0.1) is 40.5 Å². The van der Waals surface area contributed by atoms with Crippen LogP contribution in [0.5, 0.6) is 0 Å². The lowest BCUT2D eigenvalue weighted by Crippen LogP contribution is -2.29. The van der Waals surface area contributed by atoms with Crippen molar-refractivity contribution in [1.29, 1.82) is 0 Å². The summed E-state index contributed by atoms with van der Waals surface area (Å²) in [7, 11) is 0. The molecule has 1 fully saturated rings. The van der Waals surface area contributed by atoms with Gasteiger partial charge in [-0.15, -0.1) is 0 Å². The molecule has 1 aliphatic rings. The molecule has 2 aromatic rings. The second-order valence-corrected chi connectivity index (χ2v) is 7.99. The summed E-state index contributed by atoms with van der Waals surface area (Å²) in [6.45, 7) is 10.3. The van der Waals surface area contributed by atoms with Gasteiger partial charge < -0.3 is 10.2 Å². The number of carbonyl (C=O) groups is 2. The average molecular weight is 385 g/mol. The van der Waals surface area contributed by atoms with Crippen molar-refractivity contribution in [3.63, 3.8) is 0 Å². The van der Waals surface area contributed by atoms with E-state index >= 15 is 0 Å². The molecule has 142 valence electrons. The van der Waals surface area contributed by atoms with Gasteiger partial charge in [-0.25, -0.2) is 0 Å². The summed E-state index contributed by atoms with van der Waals surface area (Å²) in [5.74, 6) is -0.576. The highest BCUT2D eigenvalue weighted by Gasteiger charge is 2.36. The molecule has 4 nitrogen and oxygen atoms in total. The molecule has 0 aliphatic carbocycles. The predicted octanol–water partition coefficient (Wildman–Crippen LogP) is 4.87. The fourth-order valence-corrected chi connectivity index (χ4v) is 4.37. The van der Waals surface area contributed by atoms with Crippen molar-refractivity contribution >= 4 is 34.8 Å². The summed E-state index contributed by atoms with van der Waals surface area (Å²) in [6.07, 6.45) is 0.209. The minimum atomic E-state index is -0.394. The zero-order valence-corrected chi connectivity index (χ0v) is 17.2. The second-order valence-electron chi connectivity index (χ2n) is 7.58. The van der Waals surface area contributed by atoms with Crippen molar-refractivity contribution in [3.8, 4) is 0 Å². The maximum Gasteiger partial charge on any atom is 0.229 e. The highest BCUT2D eigenvalue weighted by Crippen LogP contribution is 2.33. The Kier molecular flexibility index (Phi) is 5.29. The molecule has 1 unspecified atom stereocenters. The van der Waals surface area contributed by atoms with E-state index in [1.165, 1.54) is 5.56 Å². The lowest BCUT2D eigenvalue weighted by Gasteiger charge is -2.22. The fourth-order valence-electron chi connectivity index (χ4n) is 4.00. The Morgan fingerprint density at radius 3 is 2.15 bits per heavy atom. The predicted molar refractivity (Wildman–Crippen MR) is 111 cm³/mol. The molecule has 0 bridgehead atoms. The van der Waals surface area contributed by atoms with E-state index in [4.69, 9.17) is 11.6 Å². The third-order valence-corrected chi connectivity index (χ3v) is 5.38. The number of anilines is 2. The van der Waals surface area contributed by atoms with Crippen LogP contribution in [-0.2, 0) is 9.59 Å². The molecule has 1 atom stereocenters. The van der Waals surface area contributed by atoms with Crippen LogP contribution in [0.1, 0.15) is 34.2 Å². The van der Waals surface area contributed by atoms with E-state index < -0.39 is 5.92 Å². The Balaban J connectivity index is 1.81. The maximum atomic E-state index is 12.8. The minimum Gasteiger partial charge on any atom is -0.324 e. The Morgan fingerprint density at radius 1 is 1.00 bits per heavy atom. The summed E-state index contributed by atoms with van der Waals surface area (Å²) in [5.41, 5.74) is 6.78. The third-order valence-electron chi connectivity index (χ3n) is 5.08. The molecule has 2 aromatic carbocycles. The van der Waals surface area contributed by atoms with Crippen LogP contribution in [0.4, 0.5) is 11.4 Å². The molecular weight excluding hydrogens is 360 g/mol. The molecule has 1 saturated heterocycles. The van der Waals surface area contributed by atoms with Gasteiger partial charge in [0.1, 0.15) is 0 Å².